The Hall–Kier alpha value is -1.16. The standard InChI is InChI=1S/C16H28N4/c1-10(2)13-11(3)18-14(19-15(13)20-17)12-6-8-16(4,5)9-7-12/h10,12H,6-9,17H2,1-5H3,(H,18,19,20). The zero-order chi connectivity index (χ0) is 14.9. The maximum Gasteiger partial charge on any atom is 0.147 e. The van der Waals surface area contributed by atoms with Gasteiger partial charge in [-0.3, -0.25) is 0 Å². The first-order valence-corrected chi connectivity index (χ1v) is 7.69. The summed E-state index contributed by atoms with van der Waals surface area (Å²) in [5.41, 5.74) is 5.42. The number of aromatic nitrogens is 2. The van der Waals surface area contributed by atoms with E-state index in [1.54, 1.807) is 0 Å². The lowest BCUT2D eigenvalue weighted by atomic mass is 9.73. The van der Waals surface area contributed by atoms with Crippen molar-refractivity contribution in [1.29, 1.82) is 0 Å². The van der Waals surface area contributed by atoms with Crippen molar-refractivity contribution in [2.45, 2.75) is 72.1 Å². The monoisotopic (exact) mass is 276 g/mol. The number of nitrogens with zero attached hydrogens (tertiary/aromatic N) is 2. The summed E-state index contributed by atoms with van der Waals surface area (Å²) in [6.45, 7) is 11.1. The van der Waals surface area contributed by atoms with Crippen LogP contribution in [0.4, 0.5) is 5.82 Å². The van der Waals surface area contributed by atoms with E-state index in [9.17, 15) is 0 Å². The lowest BCUT2D eigenvalue weighted by Crippen LogP contribution is -2.23. The van der Waals surface area contributed by atoms with Crippen LogP contribution in [0.25, 0.3) is 0 Å². The molecule has 0 radical (unpaired) electrons. The van der Waals surface area contributed by atoms with E-state index in [2.05, 4.69) is 40.0 Å². The van der Waals surface area contributed by atoms with Crippen LogP contribution >= 0.6 is 0 Å². The van der Waals surface area contributed by atoms with Crippen molar-refractivity contribution in [3.8, 4) is 0 Å². The average Bonchev–Trinajstić information content (AvgIpc) is 2.37. The fourth-order valence-corrected chi connectivity index (χ4v) is 3.24. The zero-order valence-electron chi connectivity index (χ0n) is 13.5. The van der Waals surface area contributed by atoms with Crippen LogP contribution in [-0.4, -0.2) is 9.97 Å². The normalized spacial score (nSPS) is 19.4. The zero-order valence-corrected chi connectivity index (χ0v) is 13.5. The largest absolute Gasteiger partial charge is 0.308 e. The molecule has 3 N–H and O–H groups in total. The van der Waals surface area contributed by atoms with Gasteiger partial charge in [-0.25, -0.2) is 15.8 Å². The molecule has 0 unspecified atom stereocenters. The molecule has 1 aromatic heterocycles. The molecule has 4 nitrogen and oxygen atoms in total. The first kappa shape index (κ1) is 15.2. The number of anilines is 1. The number of nitrogens with one attached hydrogen (secondary N) is 1. The first-order valence-electron chi connectivity index (χ1n) is 7.69. The molecule has 0 atom stereocenters. The predicted molar refractivity (Wildman–Crippen MR) is 83.7 cm³/mol. The minimum atomic E-state index is 0.375. The number of hydrazine groups is 1. The molecule has 0 aliphatic heterocycles. The van der Waals surface area contributed by atoms with Gasteiger partial charge in [0.05, 0.1) is 0 Å². The maximum atomic E-state index is 5.66. The van der Waals surface area contributed by atoms with Crippen LogP contribution in [0.3, 0.4) is 0 Å². The highest BCUT2D eigenvalue weighted by atomic mass is 15.3. The Morgan fingerprint density at radius 1 is 1.20 bits per heavy atom. The van der Waals surface area contributed by atoms with Crippen molar-refractivity contribution < 1.29 is 0 Å². The highest BCUT2D eigenvalue weighted by Gasteiger charge is 2.29. The van der Waals surface area contributed by atoms with Crippen LogP contribution in [0.2, 0.25) is 0 Å². The van der Waals surface area contributed by atoms with E-state index in [-0.39, 0.29) is 0 Å². The lowest BCUT2D eigenvalue weighted by Gasteiger charge is -2.33. The highest BCUT2D eigenvalue weighted by molar-refractivity contribution is 5.47. The van der Waals surface area contributed by atoms with Crippen LogP contribution in [0.15, 0.2) is 0 Å². The summed E-state index contributed by atoms with van der Waals surface area (Å²) in [5, 5.41) is 0. The van der Waals surface area contributed by atoms with Crippen LogP contribution in [0, 0.1) is 12.3 Å². The van der Waals surface area contributed by atoms with E-state index in [1.807, 2.05) is 0 Å². The second kappa shape index (κ2) is 5.68. The summed E-state index contributed by atoms with van der Waals surface area (Å²) in [5.74, 6) is 8.28. The Balaban J connectivity index is 2.28. The molecule has 1 aliphatic rings. The Kier molecular flexibility index (Phi) is 4.33. The van der Waals surface area contributed by atoms with Crippen molar-refractivity contribution in [2.24, 2.45) is 11.3 Å². The number of aryl methyl sites for hydroxylation is 1. The van der Waals surface area contributed by atoms with Gasteiger partial charge in [0, 0.05) is 17.2 Å². The molecule has 0 amide bonds. The van der Waals surface area contributed by atoms with Crippen molar-refractivity contribution in [3.05, 3.63) is 17.1 Å². The van der Waals surface area contributed by atoms with Gasteiger partial charge in [-0.15, -0.1) is 0 Å². The summed E-state index contributed by atoms with van der Waals surface area (Å²) >= 11 is 0. The number of hydrogen-bond donors (Lipinski definition) is 2. The lowest BCUT2D eigenvalue weighted by molar-refractivity contribution is 0.220. The summed E-state index contributed by atoms with van der Waals surface area (Å²) in [4.78, 5) is 9.47. The molecule has 20 heavy (non-hydrogen) atoms. The molecule has 112 valence electrons. The predicted octanol–water partition coefficient (Wildman–Crippen LogP) is 3.88. The second-order valence-electron chi connectivity index (χ2n) is 7.17. The van der Waals surface area contributed by atoms with Crippen LogP contribution in [0.5, 0.6) is 0 Å². The molecule has 1 fully saturated rings. The van der Waals surface area contributed by atoms with E-state index < -0.39 is 0 Å². The van der Waals surface area contributed by atoms with Crippen molar-refractivity contribution in [3.63, 3.8) is 0 Å². The molecule has 1 aliphatic carbocycles. The van der Waals surface area contributed by atoms with Gasteiger partial charge in [-0.1, -0.05) is 27.7 Å². The molecule has 1 heterocycles. The van der Waals surface area contributed by atoms with Crippen molar-refractivity contribution in [1.82, 2.24) is 9.97 Å². The van der Waals surface area contributed by atoms with E-state index in [4.69, 9.17) is 15.8 Å². The van der Waals surface area contributed by atoms with Gasteiger partial charge in [-0.2, -0.15) is 0 Å². The molecule has 1 aromatic rings. The third kappa shape index (κ3) is 3.11. The number of rotatable bonds is 3. The fourth-order valence-electron chi connectivity index (χ4n) is 3.24. The molecule has 1 saturated carbocycles. The topological polar surface area (TPSA) is 63.8 Å². The Morgan fingerprint density at radius 2 is 1.80 bits per heavy atom. The smallest absolute Gasteiger partial charge is 0.147 e. The van der Waals surface area contributed by atoms with Gasteiger partial charge in [0.2, 0.25) is 0 Å². The first-order chi connectivity index (χ1) is 9.34. The molecule has 0 aromatic carbocycles. The van der Waals surface area contributed by atoms with Gasteiger partial charge in [-0.05, 0) is 43.9 Å². The van der Waals surface area contributed by atoms with Crippen LogP contribution < -0.4 is 11.3 Å². The Morgan fingerprint density at radius 3 is 2.30 bits per heavy atom. The maximum absolute atomic E-state index is 5.66. The van der Waals surface area contributed by atoms with Crippen LogP contribution in [-0.2, 0) is 0 Å². The SMILES string of the molecule is Cc1nc(C2CCC(C)(C)CC2)nc(NN)c1C(C)C. The quantitative estimate of drug-likeness (QED) is 0.649. The fraction of sp³-hybridized carbons (Fsp3) is 0.750. The minimum absolute atomic E-state index is 0.375. The van der Waals surface area contributed by atoms with Crippen LogP contribution in [0.1, 0.15) is 82.3 Å². The van der Waals surface area contributed by atoms with Gasteiger partial charge < -0.3 is 5.43 Å². The third-order valence-corrected chi connectivity index (χ3v) is 4.57. The van der Waals surface area contributed by atoms with Gasteiger partial charge in [0.1, 0.15) is 11.6 Å². The molecular formula is C16H28N4. The Labute approximate surface area is 122 Å². The van der Waals surface area contributed by atoms with E-state index in [1.165, 1.54) is 25.7 Å². The summed E-state index contributed by atoms with van der Waals surface area (Å²) in [6, 6.07) is 0. The molecule has 0 spiro atoms. The Bertz CT molecular complexity index is 470. The summed E-state index contributed by atoms with van der Waals surface area (Å²) in [7, 11) is 0. The highest BCUT2D eigenvalue weighted by Crippen LogP contribution is 2.42. The van der Waals surface area contributed by atoms with E-state index >= 15 is 0 Å². The number of hydrogen-bond acceptors (Lipinski definition) is 4. The van der Waals surface area contributed by atoms with Gasteiger partial charge in [0.15, 0.2) is 0 Å². The van der Waals surface area contributed by atoms with Crippen molar-refractivity contribution in [2.75, 3.05) is 5.43 Å². The molecule has 0 bridgehead atoms. The number of nitrogens with two attached hydrogens (primary N) is 1. The molecule has 2 rings (SSSR count). The van der Waals surface area contributed by atoms with Gasteiger partial charge >= 0.3 is 0 Å². The summed E-state index contributed by atoms with van der Waals surface area (Å²) in [6.07, 6.45) is 4.85. The second-order valence-corrected chi connectivity index (χ2v) is 7.17. The average molecular weight is 276 g/mol. The molecule has 4 heteroatoms. The minimum Gasteiger partial charge on any atom is -0.308 e. The molecular weight excluding hydrogens is 248 g/mol. The van der Waals surface area contributed by atoms with Gasteiger partial charge in [0.25, 0.3) is 0 Å². The van der Waals surface area contributed by atoms with E-state index in [0.717, 1.165) is 22.9 Å². The van der Waals surface area contributed by atoms with E-state index in [0.29, 0.717) is 17.3 Å². The summed E-state index contributed by atoms with van der Waals surface area (Å²) < 4.78 is 0. The van der Waals surface area contributed by atoms with Crippen molar-refractivity contribution >= 4 is 5.82 Å². The number of nitrogen functional groups attached to an aromatic ring is 1. The molecule has 0 saturated heterocycles. The third-order valence-electron chi connectivity index (χ3n) is 4.57.